The van der Waals surface area contributed by atoms with Crippen molar-refractivity contribution in [1.29, 1.82) is 0 Å². The third-order valence-electron chi connectivity index (χ3n) is 4.16. The fraction of sp³-hybridized carbons (Fsp3) is 0. The van der Waals surface area contributed by atoms with Gasteiger partial charge in [-0.15, -0.1) is 11.3 Å². The van der Waals surface area contributed by atoms with Crippen LogP contribution in [0.4, 0.5) is 11.4 Å². The second kappa shape index (κ2) is 8.54. The number of nitrogens with one attached hydrogen (secondary N) is 2. The monoisotopic (exact) mass is 416 g/mol. The van der Waals surface area contributed by atoms with Gasteiger partial charge in [-0.1, -0.05) is 18.2 Å². The molecule has 2 amide bonds. The number of aromatic hydroxyl groups is 1. The molecule has 0 radical (unpaired) electrons. The van der Waals surface area contributed by atoms with Crippen LogP contribution in [-0.4, -0.2) is 26.9 Å². The van der Waals surface area contributed by atoms with Gasteiger partial charge in [0.15, 0.2) is 5.82 Å². The molecular weight excluding hydrogens is 400 g/mol. The SMILES string of the molecule is O=C(Nc1cnc(-c2cccc(O)c2)nc1)c1ccc(NC(=O)c2cccs2)cc1. The van der Waals surface area contributed by atoms with Gasteiger partial charge >= 0.3 is 0 Å². The van der Waals surface area contributed by atoms with Crippen LogP contribution in [0.2, 0.25) is 0 Å². The van der Waals surface area contributed by atoms with Crippen molar-refractivity contribution in [2.45, 2.75) is 0 Å². The largest absolute Gasteiger partial charge is 0.508 e. The minimum atomic E-state index is -0.320. The van der Waals surface area contributed by atoms with Gasteiger partial charge in [-0.2, -0.15) is 0 Å². The van der Waals surface area contributed by atoms with Gasteiger partial charge in [0.05, 0.1) is 23.0 Å². The number of nitrogens with zero attached hydrogens (tertiary/aromatic N) is 2. The quantitative estimate of drug-likeness (QED) is 0.447. The van der Waals surface area contributed by atoms with E-state index in [4.69, 9.17) is 0 Å². The Labute approximate surface area is 176 Å². The standard InChI is InChI=1S/C22H16N4O3S/c27-18-4-1-3-15(11-18)20-23-12-17(13-24-20)26-21(28)14-6-8-16(9-7-14)25-22(29)19-5-2-10-30-19/h1-13,27H,(H,25,29)(H,26,28). The van der Waals surface area contributed by atoms with Gasteiger partial charge in [0, 0.05) is 16.8 Å². The average Bonchev–Trinajstić information content (AvgIpc) is 3.30. The molecule has 0 spiro atoms. The molecule has 0 fully saturated rings. The molecule has 0 saturated carbocycles. The zero-order valence-corrected chi connectivity index (χ0v) is 16.4. The van der Waals surface area contributed by atoms with Crippen LogP contribution in [0, 0.1) is 0 Å². The van der Waals surface area contributed by atoms with E-state index < -0.39 is 0 Å². The van der Waals surface area contributed by atoms with Crippen molar-refractivity contribution in [2.75, 3.05) is 10.6 Å². The number of carbonyl (C=O) groups excluding carboxylic acids is 2. The number of phenols is 1. The number of amides is 2. The second-order valence-corrected chi connectivity index (χ2v) is 7.26. The van der Waals surface area contributed by atoms with Crippen molar-refractivity contribution in [2.24, 2.45) is 0 Å². The fourth-order valence-electron chi connectivity index (χ4n) is 2.70. The van der Waals surface area contributed by atoms with Crippen LogP contribution >= 0.6 is 11.3 Å². The normalized spacial score (nSPS) is 10.4. The number of phenolic OH excluding ortho intramolecular Hbond substituents is 1. The first kappa shape index (κ1) is 19.3. The molecule has 0 bridgehead atoms. The van der Waals surface area contributed by atoms with E-state index in [-0.39, 0.29) is 17.6 Å². The molecule has 148 valence electrons. The van der Waals surface area contributed by atoms with Gasteiger partial charge in [0.25, 0.3) is 11.8 Å². The van der Waals surface area contributed by atoms with Crippen molar-refractivity contribution in [3.8, 4) is 17.1 Å². The van der Waals surface area contributed by atoms with Gasteiger partial charge in [-0.05, 0) is 47.8 Å². The zero-order chi connectivity index (χ0) is 20.9. The lowest BCUT2D eigenvalue weighted by molar-refractivity contribution is 0.102. The van der Waals surface area contributed by atoms with Gasteiger partial charge in [-0.3, -0.25) is 9.59 Å². The first-order valence-corrected chi connectivity index (χ1v) is 9.84. The summed E-state index contributed by atoms with van der Waals surface area (Å²) in [6.07, 6.45) is 3.00. The van der Waals surface area contributed by atoms with Crippen LogP contribution < -0.4 is 10.6 Å². The van der Waals surface area contributed by atoms with E-state index in [0.717, 1.165) is 0 Å². The van der Waals surface area contributed by atoms with Gasteiger partial charge in [0.1, 0.15) is 5.75 Å². The summed E-state index contributed by atoms with van der Waals surface area (Å²) in [6.45, 7) is 0. The summed E-state index contributed by atoms with van der Waals surface area (Å²) < 4.78 is 0. The van der Waals surface area contributed by atoms with E-state index >= 15 is 0 Å². The minimum Gasteiger partial charge on any atom is -0.508 e. The lowest BCUT2D eigenvalue weighted by atomic mass is 10.2. The molecule has 0 aliphatic heterocycles. The predicted octanol–water partition coefficient (Wildman–Crippen LogP) is 4.42. The molecule has 3 N–H and O–H groups in total. The summed E-state index contributed by atoms with van der Waals surface area (Å²) in [4.78, 5) is 33.6. The molecule has 2 aromatic heterocycles. The summed E-state index contributed by atoms with van der Waals surface area (Å²) in [6, 6.07) is 16.8. The van der Waals surface area contributed by atoms with Crippen molar-refractivity contribution in [3.05, 3.63) is 88.9 Å². The lowest BCUT2D eigenvalue weighted by Crippen LogP contribution is -2.13. The van der Waals surface area contributed by atoms with Crippen molar-refractivity contribution in [1.82, 2.24) is 9.97 Å². The Morgan fingerprint density at radius 3 is 2.23 bits per heavy atom. The maximum atomic E-state index is 12.4. The van der Waals surface area contributed by atoms with E-state index in [9.17, 15) is 14.7 Å². The summed E-state index contributed by atoms with van der Waals surface area (Å²) >= 11 is 1.36. The predicted molar refractivity (Wildman–Crippen MR) is 116 cm³/mol. The Morgan fingerprint density at radius 1 is 0.833 bits per heavy atom. The van der Waals surface area contributed by atoms with Gasteiger partial charge in [0.2, 0.25) is 0 Å². The average molecular weight is 416 g/mol. The molecule has 4 rings (SSSR count). The highest BCUT2D eigenvalue weighted by Gasteiger charge is 2.10. The third-order valence-corrected chi connectivity index (χ3v) is 5.03. The van der Waals surface area contributed by atoms with Crippen LogP contribution in [-0.2, 0) is 0 Å². The summed E-state index contributed by atoms with van der Waals surface area (Å²) in [5.41, 5.74) is 2.15. The maximum Gasteiger partial charge on any atom is 0.265 e. The van der Waals surface area contributed by atoms with Crippen LogP contribution in [0.3, 0.4) is 0 Å². The summed E-state index contributed by atoms with van der Waals surface area (Å²) in [5.74, 6) is 0.0595. The van der Waals surface area contributed by atoms with Crippen molar-refractivity contribution >= 4 is 34.5 Å². The Balaban J connectivity index is 1.39. The first-order chi connectivity index (χ1) is 14.6. The smallest absolute Gasteiger partial charge is 0.265 e. The molecule has 4 aromatic rings. The number of carbonyl (C=O) groups is 2. The lowest BCUT2D eigenvalue weighted by Gasteiger charge is -2.07. The number of thiophene rings is 1. The molecular formula is C22H16N4O3S. The number of anilines is 2. The maximum absolute atomic E-state index is 12.4. The Bertz CT molecular complexity index is 1170. The molecule has 0 atom stereocenters. The Hall–Kier alpha value is -4.04. The second-order valence-electron chi connectivity index (χ2n) is 6.31. The van der Waals surface area contributed by atoms with Crippen molar-refractivity contribution in [3.63, 3.8) is 0 Å². The highest BCUT2D eigenvalue weighted by Crippen LogP contribution is 2.20. The summed E-state index contributed by atoms with van der Waals surface area (Å²) in [7, 11) is 0. The highest BCUT2D eigenvalue weighted by atomic mass is 32.1. The molecule has 0 aliphatic carbocycles. The molecule has 2 heterocycles. The van der Waals surface area contributed by atoms with Crippen LogP contribution in [0.1, 0.15) is 20.0 Å². The molecule has 30 heavy (non-hydrogen) atoms. The fourth-order valence-corrected chi connectivity index (χ4v) is 3.31. The Morgan fingerprint density at radius 2 is 1.57 bits per heavy atom. The summed E-state index contributed by atoms with van der Waals surface area (Å²) in [5, 5.41) is 16.9. The van der Waals surface area contributed by atoms with Gasteiger partial charge in [-0.25, -0.2) is 9.97 Å². The number of hydrogen-bond donors (Lipinski definition) is 3. The minimum absolute atomic E-state index is 0.128. The molecule has 7 nitrogen and oxygen atoms in total. The molecule has 2 aromatic carbocycles. The molecule has 0 saturated heterocycles. The Kier molecular flexibility index (Phi) is 5.49. The highest BCUT2D eigenvalue weighted by molar-refractivity contribution is 7.12. The molecule has 0 aliphatic rings. The first-order valence-electron chi connectivity index (χ1n) is 8.96. The van der Waals surface area contributed by atoms with Crippen molar-refractivity contribution < 1.29 is 14.7 Å². The topological polar surface area (TPSA) is 104 Å². The number of aromatic nitrogens is 2. The van der Waals surface area contributed by atoms with Crippen LogP contribution in [0.25, 0.3) is 11.4 Å². The van der Waals surface area contributed by atoms with E-state index in [1.807, 2.05) is 11.4 Å². The number of benzene rings is 2. The van der Waals surface area contributed by atoms with Crippen LogP contribution in [0.5, 0.6) is 5.75 Å². The number of rotatable bonds is 5. The third kappa shape index (κ3) is 4.50. The van der Waals surface area contributed by atoms with E-state index in [1.165, 1.54) is 23.7 Å². The van der Waals surface area contributed by atoms with Gasteiger partial charge < -0.3 is 15.7 Å². The number of hydrogen-bond acceptors (Lipinski definition) is 6. The van der Waals surface area contributed by atoms with E-state index in [2.05, 4.69) is 20.6 Å². The molecule has 0 unspecified atom stereocenters. The van der Waals surface area contributed by atoms with E-state index in [1.54, 1.807) is 54.6 Å². The zero-order valence-electron chi connectivity index (χ0n) is 15.6. The van der Waals surface area contributed by atoms with E-state index in [0.29, 0.717) is 33.2 Å². The molecule has 8 heteroatoms. The van der Waals surface area contributed by atoms with Crippen LogP contribution in [0.15, 0.2) is 78.4 Å².